The van der Waals surface area contributed by atoms with Gasteiger partial charge in [-0.15, -0.1) is 5.10 Å². The molecular formula is C22H20ClN5O3. The Hall–Kier alpha value is -3.65. The van der Waals surface area contributed by atoms with Crippen LogP contribution in [0.15, 0.2) is 53.6 Å². The third-order valence-corrected chi connectivity index (χ3v) is 4.88. The number of nitrogens with one attached hydrogen (secondary N) is 1. The number of halogens is 1. The minimum Gasteiger partial charge on any atom is -0.436 e. The van der Waals surface area contributed by atoms with Crippen LogP contribution in [-0.2, 0) is 11.3 Å². The number of aromatic nitrogens is 4. The fourth-order valence-electron chi connectivity index (χ4n) is 3.26. The Morgan fingerprint density at radius 2 is 1.87 bits per heavy atom. The first-order valence-electron chi connectivity index (χ1n) is 9.56. The fourth-order valence-corrected chi connectivity index (χ4v) is 3.43. The fraction of sp³-hybridized carbons (Fsp3) is 0.182. The molecule has 2 aromatic carbocycles. The highest BCUT2D eigenvalue weighted by Crippen LogP contribution is 2.24. The lowest BCUT2D eigenvalue weighted by molar-refractivity contribution is -0.117. The molecule has 9 heteroatoms. The largest absolute Gasteiger partial charge is 0.436 e. The van der Waals surface area contributed by atoms with Crippen LogP contribution in [0.4, 0.5) is 5.69 Å². The summed E-state index contributed by atoms with van der Waals surface area (Å²) in [5.74, 6) is 0.365. The van der Waals surface area contributed by atoms with Crippen LogP contribution in [0.3, 0.4) is 0 Å². The Bertz CT molecular complexity index is 1340. The second-order valence-electron chi connectivity index (χ2n) is 7.30. The van der Waals surface area contributed by atoms with Crippen molar-refractivity contribution in [3.8, 4) is 11.6 Å². The summed E-state index contributed by atoms with van der Waals surface area (Å²) in [5, 5.41) is 7.53. The standard InChI is InChI=1S/C22H20ClN5O3/c1-13-8-14(2)10-17(9-13)31-21-20-26-28(22(30)27(20)7-6-24-21)12-19(29)25-18-11-16(23)5-4-15(18)3/h4-11H,12H2,1-3H3,(H,25,29). The number of carbonyl (C=O) groups is 1. The molecule has 8 nitrogen and oxygen atoms in total. The highest BCUT2D eigenvalue weighted by molar-refractivity contribution is 6.31. The third kappa shape index (κ3) is 4.44. The lowest BCUT2D eigenvalue weighted by atomic mass is 10.1. The maximum absolute atomic E-state index is 12.7. The van der Waals surface area contributed by atoms with E-state index in [2.05, 4.69) is 15.4 Å². The third-order valence-electron chi connectivity index (χ3n) is 4.65. The van der Waals surface area contributed by atoms with E-state index in [4.69, 9.17) is 16.3 Å². The van der Waals surface area contributed by atoms with Crippen LogP contribution in [0.2, 0.25) is 5.02 Å². The van der Waals surface area contributed by atoms with E-state index in [-0.39, 0.29) is 18.1 Å². The summed E-state index contributed by atoms with van der Waals surface area (Å²) in [6.45, 7) is 5.52. The maximum Gasteiger partial charge on any atom is 0.351 e. The Kier molecular flexibility index (Phi) is 5.48. The Morgan fingerprint density at radius 3 is 2.61 bits per heavy atom. The summed E-state index contributed by atoms with van der Waals surface area (Å²) in [7, 11) is 0. The highest BCUT2D eigenvalue weighted by Gasteiger charge is 2.16. The first-order chi connectivity index (χ1) is 14.8. The molecule has 31 heavy (non-hydrogen) atoms. The number of amides is 1. The van der Waals surface area contributed by atoms with Crippen LogP contribution < -0.4 is 15.7 Å². The van der Waals surface area contributed by atoms with Gasteiger partial charge in [0.2, 0.25) is 11.6 Å². The van der Waals surface area contributed by atoms with Gasteiger partial charge in [0.15, 0.2) is 0 Å². The number of nitrogens with zero attached hydrogens (tertiary/aromatic N) is 4. The monoisotopic (exact) mass is 437 g/mol. The predicted molar refractivity (Wildman–Crippen MR) is 118 cm³/mol. The molecule has 0 unspecified atom stereocenters. The number of benzene rings is 2. The summed E-state index contributed by atoms with van der Waals surface area (Å²) < 4.78 is 8.25. The van der Waals surface area contributed by atoms with Gasteiger partial charge >= 0.3 is 5.69 Å². The molecule has 0 aliphatic rings. The Labute approximate surface area is 183 Å². The molecule has 0 saturated carbocycles. The van der Waals surface area contributed by atoms with Crippen molar-refractivity contribution in [3.05, 3.63) is 81.0 Å². The SMILES string of the molecule is Cc1cc(C)cc(Oc2nccn3c(=O)n(CC(=O)Nc4cc(Cl)ccc4C)nc23)c1. The average molecular weight is 438 g/mol. The van der Waals surface area contributed by atoms with Gasteiger partial charge in [0.25, 0.3) is 5.88 Å². The topological polar surface area (TPSA) is 90.5 Å². The highest BCUT2D eigenvalue weighted by atomic mass is 35.5. The second-order valence-corrected chi connectivity index (χ2v) is 7.74. The molecule has 2 heterocycles. The van der Waals surface area contributed by atoms with Gasteiger partial charge in [-0.1, -0.05) is 23.7 Å². The molecule has 0 bridgehead atoms. The lowest BCUT2D eigenvalue weighted by Gasteiger charge is -2.08. The number of hydrogen-bond donors (Lipinski definition) is 1. The maximum atomic E-state index is 12.7. The first-order valence-corrected chi connectivity index (χ1v) is 9.94. The molecule has 0 fully saturated rings. The van der Waals surface area contributed by atoms with Gasteiger partial charge in [-0.3, -0.25) is 4.79 Å². The summed E-state index contributed by atoms with van der Waals surface area (Å²) in [6, 6.07) is 11.0. The molecule has 0 spiro atoms. The van der Waals surface area contributed by atoms with E-state index in [0.717, 1.165) is 21.4 Å². The van der Waals surface area contributed by atoms with Gasteiger partial charge in [-0.2, -0.15) is 0 Å². The van der Waals surface area contributed by atoms with Crippen LogP contribution in [0.5, 0.6) is 11.6 Å². The summed E-state index contributed by atoms with van der Waals surface area (Å²) in [5.41, 5.74) is 3.26. The molecule has 1 amide bonds. The minimum absolute atomic E-state index is 0.175. The number of aryl methyl sites for hydroxylation is 3. The lowest BCUT2D eigenvalue weighted by Crippen LogP contribution is -2.28. The van der Waals surface area contributed by atoms with Gasteiger partial charge in [-0.05, 0) is 61.7 Å². The first kappa shape index (κ1) is 20.6. The smallest absolute Gasteiger partial charge is 0.351 e. The summed E-state index contributed by atoms with van der Waals surface area (Å²) in [4.78, 5) is 29.5. The summed E-state index contributed by atoms with van der Waals surface area (Å²) in [6.07, 6.45) is 2.93. The van der Waals surface area contributed by atoms with Crippen molar-refractivity contribution in [3.63, 3.8) is 0 Å². The number of fused-ring (bicyclic) bond motifs is 1. The van der Waals surface area contributed by atoms with Gasteiger partial charge in [0.05, 0.1) is 0 Å². The molecule has 0 atom stereocenters. The predicted octanol–water partition coefficient (Wildman–Crippen LogP) is 3.90. The van der Waals surface area contributed by atoms with Gasteiger partial charge in [0.1, 0.15) is 12.3 Å². The van der Waals surface area contributed by atoms with Crippen LogP contribution in [0, 0.1) is 20.8 Å². The van der Waals surface area contributed by atoms with E-state index in [9.17, 15) is 9.59 Å². The van der Waals surface area contributed by atoms with E-state index in [0.29, 0.717) is 16.5 Å². The normalized spacial score (nSPS) is 11.0. The van der Waals surface area contributed by atoms with Crippen molar-refractivity contribution < 1.29 is 9.53 Å². The van der Waals surface area contributed by atoms with Crippen LogP contribution in [-0.4, -0.2) is 25.1 Å². The molecule has 0 aliphatic carbocycles. The quantitative estimate of drug-likeness (QED) is 0.511. The zero-order valence-corrected chi connectivity index (χ0v) is 18.0. The number of rotatable bonds is 5. The van der Waals surface area contributed by atoms with Crippen molar-refractivity contribution in [2.24, 2.45) is 0 Å². The molecule has 1 N–H and O–H groups in total. The van der Waals surface area contributed by atoms with E-state index in [1.165, 1.54) is 16.8 Å². The van der Waals surface area contributed by atoms with Crippen molar-refractivity contribution in [2.45, 2.75) is 27.3 Å². The molecule has 4 rings (SSSR count). The molecule has 0 aliphatic heterocycles. The van der Waals surface area contributed by atoms with Crippen LogP contribution in [0.1, 0.15) is 16.7 Å². The molecule has 0 radical (unpaired) electrons. The zero-order valence-electron chi connectivity index (χ0n) is 17.2. The van der Waals surface area contributed by atoms with E-state index in [1.54, 1.807) is 18.2 Å². The van der Waals surface area contributed by atoms with E-state index in [1.807, 2.05) is 39.0 Å². The Morgan fingerprint density at radius 1 is 1.13 bits per heavy atom. The molecule has 2 aromatic heterocycles. The molecular weight excluding hydrogens is 418 g/mol. The number of anilines is 1. The van der Waals surface area contributed by atoms with Crippen LogP contribution >= 0.6 is 11.6 Å². The zero-order chi connectivity index (χ0) is 22.1. The second kappa shape index (κ2) is 8.23. The van der Waals surface area contributed by atoms with Gasteiger partial charge in [0, 0.05) is 23.1 Å². The molecule has 0 saturated heterocycles. The Balaban J connectivity index is 1.61. The van der Waals surface area contributed by atoms with E-state index >= 15 is 0 Å². The van der Waals surface area contributed by atoms with Gasteiger partial charge < -0.3 is 10.1 Å². The van der Waals surface area contributed by atoms with E-state index < -0.39 is 11.6 Å². The molecule has 158 valence electrons. The van der Waals surface area contributed by atoms with Gasteiger partial charge in [-0.25, -0.2) is 18.9 Å². The average Bonchev–Trinajstić information content (AvgIpc) is 3.01. The van der Waals surface area contributed by atoms with Crippen molar-refractivity contribution in [1.29, 1.82) is 0 Å². The molecule has 4 aromatic rings. The van der Waals surface area contributed by atoms with Crippen molar-refractivity contribution >= 4 is 28.8 Å². The van der Waals surface area contributed by atoms with Crippen molar-refractivity contribution in [2.75, 3.05) is 5.32 Å². The number of hydrogen-bond acceptors (Lipinski definition) is 5. The number of ether oxygens (including phenoxy) is 1. The summed E-state index contributed by atoms with van der Waals surface area (Å²) >= 11 is 6.00. The van der Waals surface area contributed by atoms with Crippen LogP contribution in [0.25, 0.3) is 5.65 Å². The minimum atomic E-state index is -0.472. The van der Waals surface area contributed by atoms with Crippen molar-refractivity contribution in [1.82, 2.24) is 19.2 Å². The number of carbonyl (C=O) groups excluding carboxylic acids is 1.